The van der Waals surface area contributed by atoms with E-state index in [0.29, 0.717) is 5.56 Å². The molecule has 23 heavy (non-hydrogen) atoms. The Labute approximate surface area is 149 Å². The van der Waals surface area contributed by atoms with Crippen LogP contribution in [0.3, 0.4) is 0 Å². The van der Waals surface area contributed by atoms with E-state index in [1.54, 1.807) is 30.3 Å². The van der Waals surface area contributed by atoms with Gasteiger partial charge in [-0.3, -0.25) is 0 Å². The van der Waals surface area contributed by atoms with E-state index >= 15 is 0 Å². The highest BCUT2D eigenvalue weighted by Crippen LogP contribution is 2.46. The lowest BCUT2D eigenvalue weighted by atomic mass is 10.1. The summed E-state index contributed by atoms with van der Waals surface area (Å²) < 4.78 is 10.4. The summed E-state index contributed by atoms with van der Waals surface area (Å²) in [4.78, 5) is 23.0. The molecule has 0 saturated heterocycles. The number of esters is 2. The van der Waals surface area contributed by atoms with Crippen molar-refractivity contribution in [2.24, 2.45) is 0 Å². The zero-order chi connectivity index (χ0) is 17.5. The topological polar surface area (TPSA) is 52.6 Å². The highest BCUT2D eigenvalue weighted by atomic mass is 35.8. The highest BCUT2D eigenvalue weighted by molar-refractivity contribution is 7.65. The summed E-state index contributed by atoms with van der Waals surface area (Å²) in [7, 11) is 0. The van der Waals surface area contributed by atoms with Gasteiger partial charge in [-0.1, -0.05) is 43.5 Å². The van der Waals surface area contributed by atoms with Crippen molar-refractivity contribution in [2.45, 2.75) is 11.6 Å². The van der Waals surface area contributed by atoms with Crippen molar-refractivity contribution in [2.75, 3.05) is 6.61 Å². The fraction of sp³-hybridized carbons (Fsp3) is 0.200. The van der Waals surface area contributed by atoms with Gasteiger partial charge in [-0.15, -0.1) is 33.2 Å². The Kier molecular flexibility index (Phi) is 7.34. The van der Waals surface area contributed by atoms with E-state index in [-0.39, 0.29) is 13.0 Å². The Morgan fingerprint density at radius 2 is 1.65 bits per heavy atom. The van der Waals surface area contributed by atoms with Gasteiger partial charge < -0.3 is 9.47 Å². The van der Waals surface area contributed by atoms with Gasteiger partial charge in [0.05, 0.1) is 6.61 Å². The van der Waals surface area contributed by atoms with Crippen molar-refractivity contribution >= 4 is 51.2 Å². The van der Waals surface area contributed by atoms with Gasteiger partial charge in [0, 0.05) is 18.6 Å². The molecule has 0 spiro atoms. The SMILES string of the molecule is C=CC(=O)OCCC(OC(=O)C=C)(c1ccccc1)[Si](Cl)(Cl)Cl. The zero-order valence-electron chi connectivity index (χ0n) is 12.1. The minimum Gasteiger partial charge on any atom is -0.462 e. The lowest BCUT2D eigenvalue weighted by molar-refractivity contribution is -0.149. The molecular formula is C15H15Cl3O4Si. The Bertz CT molecular complexity index is 586. The van der Waals surface area contributed by atoms with Crippen LogP contribution in [0.25, 0.3) is 0 Å². The van der Waals surface area contributed by atoms with E-state index in [4.69, 9.17) is 42.7 Å². The van der Waals surface area contributed by atoms with Crippen LogP contribution in [0, 0.1) is 0 Å². The van der Waals surface area contributed by atoms with Gasteiger partial charge >= 0.3 is 17.9 Å². The lowest BCUT2D eigenvalue weighted by Gasteiger charge is -2.37. The number of ether oxygens (including phenoxy) is 2. The van der Waals surface area contributed by atoms with E-state index in [9.17, 15) is 9.59 Å². The second kappa shape index (κ2) is 8.54. The average Bonchev–Trinajstić information content (AvgIpc) is 2.53. The average molecular weight is 394 g/mol. The fourth-order valence-corrected chi connectivity index (χ4v) is 5.17. The fourth-order valence-electron chi connectivity index (χ4n) is 1.89. The number of benzene rings is 1. The monoisotopic (exact) mass is 392 g/mol. The van der Waals surface area contributed by atoms with Crippen LogP contribution in [0.15, 0.2) is 55.6 Å². The zero-order valence-corrected chi connectivity index (χ0v) is 15.4. The van der Waals surface area contributed by atoms with Crippen LogP contribution in [-0.4, -0.2) is 24.5 Å². The van der Waals surface area contributed by atoms with Crippen molar-refractivity contribution in [1.82, 2.24) is 0 Å². The van der Waals surface area contributed by atoms with Gasteiger partial charge in [-0.2, -0.15) is 0 Å². The molecule has 0 amide bonds. The van der Waals surface area contributed by atoms with Gasteiger partial charge in [-0.25, -0.2) is 9.59 Å². The number of carbonyl (C=O) groups excluding carboxylic acids is 2. The molecule has 0 aliphatic carbocycles. The summed E-state index contributed by atoms with van der Waals surface area (Å²) in [5.74, 6) is -1.35. The molecule has 4 nitrogen and oxygen atoms in total. The predicted molar refractivity (Wildman–Crippen MR) is 93.5 cm³/mol. The molecule has 0 aliphatic heterocycles. The van der Waals surface area contributed by atoms with Crippen LogP contribution >= 0.6 is 33.2 Å². The third-order valence-corrected chi connectivity index (χ3v) is 7.31. The smallest absolute Gasteiger partial charge is 0.389 e. The molecular weight excluding hydrogens is 379 g/mol. The van der Waals surface area contributed by atoms with E-state index in [2.05, 4.69) is 13.2 Å². The first-order valence-electron chi connectivity index (χ1n) is 6.53. The maximum absolute atomic E-state index is 11.8. The van der Waals surface area contributed by atoms with Crippen LogP contribution in [0.1, 0.15) is 12.0 Å². The summed E-state index contributed by atoms with van der Waals surface area (Å²) in [6, 6.07) is 4.97. The molecule has 0 aliphatic rings. The standard InChI is InChI=1S/C15H15Cl3O4Si/c1-3-13(19)21-11-10-15(23(16,17)18,22-14(20)4-2)12-8-6-5-7-9-12/h3-9H,1-2,10-11H2. The second-order valence-electron chi connectivity index (χ2n) is 4.44. The number of hydrogen-bond acceptors (Lipinski definition) is 4. The first kappa shape index (κ1) is 19.8. The molecule has 1 aromatic rings. The predicted octanol–water partition coefficient (Wildman–Crippen LogP) is 3.92. The third-order valence-electron chi connectivity index (χ3n) is 3.00. The van der Waals surface area contributed by atoms with Crippen molar-refractivity contribution in [1.29, 1.82) is 0 Å². The molecule has 1 rings (SSSR count). The van der Waals surface area contributed by atoms with Gasteiger partial charge in [0.15, 0.2) is 5.22 Å². The van der Waals surface area contributed by atoms with Gasteiger partial charge in [0.1, 0.15) is 0 Å². The number of rotatable bonds is 8. The van der Waals surface area contributed by atoms with Gasteiger partial charge in [0.2, 0.25) is 0 Å². The summed E-state index contributed by atoms with van der Waals surface area (Å²) in [6.07, 6.45) is 2.00. The maximum atomic E-state index is 11.8. The Balaban J connectivity index is 3.24. The Hall–Kier alpha value is -1.27. The number of hydrogen-bond donors (Lipinski definition) is 0. The van der Waals surface area contributed by atoms with Crippen molar-refractivity contribution < 1.29 is 19.1 Å². The highest BCUT2D eigenvalue weighted by Gasteiger charge is 2.56. The molecule has 1 unspecified atom stereocenters. The van der Waals surface area contributed by atoms with E-state index in [1.165, 1.54) is 0 Å². The van der Waals surface area contributed by atoms with Crippen LogP contribution < -0.4 is 0 Å². The third kappa shape index (κ3) is 5.11. The molecule has 0 bridgehead atoms. The van der Waals surface area contributed by atoms with E-state index < -0.39 is 23.2 Å². The Morgan fingerprint density at radius 1 is 1.09 bits per heavy atom. The number of carbonyl (C=O) groups is 2. The largest absolute Gasteiger partial charge is 0.462 e. The summed E-state index contributed by atoms with van der Waals surface area (Å²) >= 11 is 18.7. The first-order valence-corrected chi connectivity index (χ1v) is 11.6. The quantitative estimate of drug-likeness (QED) is 0.291. The molecule has 8 heteroatoms. The summed E-state index contributed by atoms with van der Waals surface area (Å²) in [5, 5.41) is -1.51. The summed E-state index contributed by atoms with van der Waals surface area (Å²) in [5.41, 5.74) is 0.511. The normalized spacial score (nSPS) is 13.5. The maximum Gasteiger partial charge on any atom is 0.389 e. The minimum atomic E-state index is -3.63. The van der Waals surface area contributed by atoms with Crippen molar-refractivity contribution in [3.05, 3.63) is 61.2 Å². The van der Waals surface area contributed by atoms with Crippen molar-refractivity contribution in [3.8, 4) is 0 Å². The second-order valence-corrected chi connectivity index (χ2v) is 13.1. The lowest BCUT2D eigenvalue weighted by Crippen LogP contribution is -2.49. The molecule has 1 aromatic carbocycles. The van der Waals surface area contributed by atoms with Crippen molar-refractivity contribution in [3.63, 3.8) is 0 Å². The molecule has 124 valence electrons. The Morgan fingerprint density at radius 3 is 2.13 bits per heavy atom. The molecule has 0 heterocycles. The van der Waals surface area contributed by atoms with Crippen LogP contribution in [0.2, 0.25) is 0 Å². The van der Waals surface area contributed by atoms with Crippen LogP contribution in [-0.2, 0) is 24.3 Å². The van der Waals surface area contributed by atoms with Gasteiger partial charge in [0.25, 0.3) is 0 Å². The molecule has 0 radical (unpaired) electrons. The molecule has 0 aromatic heterocycles. The molecule has 0 fully saturated rings. The minimum absolute atomic E-state index is 0.00110. The number of halogens is 3. The van der Waals surface area contributed by atoms with Crippen LogP contribution in [0.4, 0.5) is 0 Å². The van der Waals surface area contributed by atoms with Crippen LogP contribution in [0.5, 0.6) is 0 Å². The summed E-state index contributed by atoms with van der Waals surface area (Å²) in [6.45, 7) is 6.55. The molecule has 1 atom stereocenters. The molecule has 0 N–H and O–H groups in total. The van der Waals surface area contributed by atoms with E-state index in [0.717, 1.165) is 12.2 Å². The molecule has 0 saturated carbocycles. The van der Waals surface area contributed by atoms with Gasteiger partial charge in [-0.05, 0) is 5.56 Å². The first-order chi connectivity index (χ1) is 10.8. The van der Waals surface area contributed by atoms with E-state index in [1.807, 2.05) is 0 Å².